The van der Waals surface area contributed by atoms with E-state index in [0.29, 0.717) is 18.3 Å². The molecule has 6 heteroatoms. The number of ether oxygens (including phenoxy) is 1. The molecular formula is C22H25FN4O. The van der Waals surface area contributed by atoms with Crippen molar-refractivity contribution in [2.24, 2.45) is 0 Å². The molecule has 0 N–H and O–H groups in total. The summed E-state index contributed by atoms with van der Waals surface area (Å²) >= 11 is 0. The van der Waals surface area contributed by atoms with Crippen molar-refractivity contribution in [2.75, 3.05) is 26.2 Å². The van der Waals surface area contributed by atoms with Gasteiger partial charge in [0.05, 0.1) is 0 Å². The van der Waals surface area contributed by atoms with Crippen LogP contribution >= 0.6 is 0 Å². The summed E-state index contributed by atoms with van der Waals surface area (Å²) in [5, 5.41) is 0. The van der Waals surface area contributed by atoms with Gasteiger partial charge >= 0.3 is 0 Å². The predicted molar refractivity (Wildman–Crippen MR) is 106 cm³/mol. The molecule has 3 heterocycles. The molecule has 5 nitrogen and oxygen atoms in total. The molecule has 0 saturated carbocycles. The van der Waals surface area contributed by atoms with E-state index >= 15 is 0 Å². The van der Waals surface area contributed by atoms with Crippen LogP contribution in [0.25, 0.3) is 5.82 Å². The fraction of sp³-hybridized carbons (Fsp3) is 0.364. The average molecular weight is 380 g/mol. The first-order valence-corrected chi connectivity index (χ1v) is 9.77. The molecule has 4 rings (SSSR count). The molecule has 1 atom stereocenters. The van der Waals surface area contributed by atoms with Gasteiger partial charge in [0.25, 0.3) is 0 Å². The minimum absolute atomic E-state index is 0.244. The van der Waals surface area contributed by atoms with E-state index in [9.17, 15) is 4.39 Å². The number of benzene rings is 1. The van der Waals surface area contributed by atoms with Crippen LogP contribution in [0.5, 0.6) is 5.75 Å². The van der Waals surface area contributed by atoms with Gasteiger partial charge in [-0.2, -0.15) is 0 Å². The van der Waals surface area contributed by atoms with Gasteiger partial charge < -0.3 is 4.74 Å². The van der Waals surface area contributed by atoms with E-state index in [1.807, 2.05) is 23.8 Å². The summed E-state index contributed by atoms with van der Waals surface area (Å²) in [4.78, 5) is 11.6. The van der Waals surface area contributed by atoms with Crippen LogP contribution in [0.1, 0.15) is 30.3 Å². The zero-order valence-electron chi connectivity index (χ0n) is 16.1. The van der Waals surface area contributed by atoms with E-state index in [4.69, 9.17) is 9.72 Å². The quantitative estimate of drug-likeness (QED) is 0.649. The standard InChI is InChI=1S/C22H25FN4O/c1-17-24-11-13-27(17)22-6-2-5-21(25-22)18-4-3-12-26(16-18)14-15-28-20-9-7-19(23)8-10-20/h2,5-11,13,18H,3-4,12,14-16H2,1H3/t18-/m1/s1. The third-order valence-corrected chi connectivity index (χ3v) is 5.24. The number of nitrogens with zero attached hydrogens (tertiary/aromatic N) is 4. The van der Waals surface area contributed by atoms with Crippen LogP contribution in [-0.4, -0.2) is 45.7 Å². The van der Waals surface area contributed by atoms with E-state index in [1.165, 1.54) is 12.1 Å². The van der Waals surface area contributed by atoms with Gasteiger partial charge in [-0.1, -0.05) is 6.07 Å². The predicted octanol–water partition coefficient (Wildman–Crippen LogP) is 3.97. The molecule has 1 aliphatic heterocycles. The first-order chi connectivity index (χ1) is 13.7. The van der Waals surface area contributed by atoms with Crippen LogP contribution in [-0.2, 0) is 0 Å². The number of imidazole rings is 1. The van der Waals surface area contributed by atoms with E-state index in [2.05, 4.69) is 22.0 Å². The second kappa shape index (κ2) is 8.52. The van der Waals surface area contributed by atoms with Crippen molar-refractivity contribution >= 4 is 0 Å². The fourth-order valence-electron chi connectivity index (χ4n) is 3.74. The Morgan fingerprint density at radius 1 is 1.18 bits per heavy atom. The van der Waals surface area contributed by atoms with E-state index in [-0.39, 0.29) is 5.82 Å². The van der Waals surface area contributed by atoms with Gasteiger partial charge in [-0.05, 0) is 62.7 Å². The molecule has 3 aromatic rings. The third-order valence-electron chi connectivity index (χ3n) is 5.24. The Hall–Kier alpha value is -2.73. The Balaban J connectivity index is 1.36. The lowest BCUT2D eigenvalue weighted by molar-refractivity contribution is 0.169. The van der Waals surface area contributed by atoms with Crippen LogP contribution in [0.2, 0.25) is 0 Å². The topological polar surface area (TPSA) is 43.2 Å². The van der Waals surface area contributed by atoms with Crippen molar-refractivity contribution in [3.8, 4) is 11.6 Å². The van der Waals surface area contributed by atoms with Crippen LogP contribution in [0.3, 0.4) is 0 Å². The lowest BCUT2D eigenvalue weighted by atomic mass is 9.94. The lowest BCUT2D eigenvalue weighted by Gasteiger charge is -2.32. The summed E-state index contributed by atoms with van der Waals surface area (Å²) < 4.78 is 20.7. The van der Waals surface area contributed by atoms with Gasteiger partial charge in [0, 0.05) is 37.1 Å². The third kappa shape index (κ3) is 4.39. The lowest BCUT2D eigenvalue weighted by Crippen LogP contribution is -2.37. The maximum atomic E-state index is 13.0. The zero-order valence-corrected chi connectivity index (χ0v) is 16.1. The molecule has 0 bridgehead atoms. The molecule has 146 valence electrons. The number of piperidine rings is 1. The van der Waals surface area contributed by atoms with Crippen molar-refractivity contribution < 1.29 is 9.13 Å². The highest BCUT2D eigenvalue weighted by atomic mass is 19.1. The summed E-state index contributed by atoms with van der Waals surface area (Å²) in [7, 11) is 0. The van der Waals surface area contributed by atoms with Crippen molar-refractivity contribution in [3.63, 3.8) is 0 Å². The number of halogens is 1. The second-order valence-corrected chi connectivity index (χ2v) is 7.21. The Morgan fingerprint density at radius 3 is 2.82 bits per heavy atom. The maximum absolute atomic E-state index is 13.0. The van der Waals surface area contributed by atoms with Gasteiger partial charge in [-0.3, -0.25) is 9.47 Å². The molecule has 1 aromatic carbocycles. The summed E-state index contributed by atoms with van der Waals surface area (Å²) in [5.41, 5.74) is 1.13. The molecule has 28 heavy (non-hydrogen) atoms. The molecule has 0 radical (unpaired) electrons. The summed E-state index contributed by atoms with van der Waals surface area (Å²) in [6.45, 7) is 5.49. The first kappa shape index (κ1) is 18.6. The highest BCUT2D eigenvalue weighted by Crippen LogP contribution is 2.26. The van der Waals surface area contributed by atoms with Gasteiger partial charge in [0.2, 0.25) is 0 Å². The average Bonchev–Trinajstić information content (AvgIpc) is 3.16. The smallest absolute Gasteiger partial charge is 0.138 e. The molecule has 1 saturated heterocycles. The number of aromatic nitrogens is 3. The maximum Gasteiger partial charge on any atom is 0.138 e. The number of aryl methyl sites for hydroxylation is 1. The fourth-order valence-corrected chi connectivity index (χ4v) is 3.74. The SMILES string of the molecule is Cc1nccn1-c1cccc([C@@H]2CCCN(CCOc3ccc(F)cc3)C2)n1. The molecule has 2 aromatic heterocycles. The summed E-state index contributed by atoms with van der Waals surface area (Å²) in [5.74, 6) is 2.74. The number of rotatable bonds is 6. The Morgan fingerprint density at radius 2 is 2.04 bits per heavy atom. The minimum Gasteiger partial charge on any atom is -0.492 e. The molecule has 1 aliphatic rings. The van der Waals surface area contributed by atoms with Gasteiger partial charge in [0.1, 0.15) is 29.8 Å². The Labute approximate surface area is 164 Å². The molecule has 0 unspecified atom stereocenters. The van der Waals surface area contributed by atoms with Crippen molar-refractivity contribution in [1.29, 1.82) is 0 Å². The Bertz CT molecular complexity index is 909. The van der Waals surface area contributed by atoms with E-state index in [0.717, 1.165) is 49.8 Å². The summed E-state index contributed by atoms with van der Waals surface area (Å²) in [6, 6.07) is 12.4. The number of hydrogen-bond donors (Lipinski definition) is 0. The minimum atomic E-state index is -0.244. The second-order valence-electron chi connectivity index (χ2n) is 7.21. The van der Waals surface area contributed by atoms with E-state index in [1.54, 1.807) is 18.3 Å². The molecule has 0 aliphatic carbocycles. The largest absolute Gasteiger partial charge is 0.492 e. The monoisotopic (exact) mass is 380 g/mol. The zero-order chi connectivity index (χ0) is 19.3. The molecule has 0 amide bonds. The van der Waals surface area contributed by atoms with Crippen LogP contribution in [0.15, 0.2) is 54.9 Å². The summed E-state index contributed by atoms with van der Waals surface area (Å²) in [6.07, 6.45) is 6.04. The Kier molecular flexibility index (Phi) is 5.67. The normalized spacial score (nSPS) is 17.6. The van der Waals surface area contributed by atoms with Crippen LogP contribution < -0.4 is 4.74 Å². The number of likely N-dealkylation sites (tertiary alicyclic amines) is 1. The number of hydrogen-bond acceptors (Lipinski definition) is 4. The molecule has 0 spiro atoms. The van der Waals surface area contributed by atoms with Crippen molar-refractivity contribution in [2.45, 2.75) is 25.7 Å². The van der Waals surface area contributed by atoms with Crippen LogP contribution in [0.4, 0.5) is 4.39 Å². The highest BCUT2D eigenvalue weighted by molar-refractivity contribution is 5.28. The molecular weight excluding hydrogens is 355 g/mol. The first-order valence-electron chi connectivity index (χ1n) is 9.77. The highest BCUT2D eigenvalue weighted by Gasteiger charge is 2.22. The van der Waals surface area contributed by atoms with Gasteiger partial charge in [0.15, 0.2) is 0 Å². The van der Waals surface area contributed by atoms with Crippen molar-refractivity contribution in [1.82, 2.24) is 19.4 Å². The molecule has 1 fully saturated rings. The van der Waals surface area contributed by atoms with E-state index < -0.39 is 0 Å². The van der Waals surface area contributed by atoms with Gasteiger partial charge in [-0.25, -0.2) is 14.4 Å². The number of pyridine rings is 1. The van der Waals surface area contributed by atoms with Crippen molar-refractivity contribution in [3.05, 3.63) is 72.2 Å². The van der Waals surface area contributed by atoms with Gasteiger partial charge in [-0.15, -0.1) is 0 Å². The van der Waals surface area contributed by atoms with Crippen LogP contribution in [0, 0.1) is 12.7 Å².